The molecule has 0 aliphatic heterocycles. The van der Waals surface area contributed by atoms with Crippen LogP contribution in [-0.4, -0.2) is 22.3 Å². The molecule has 0 radical (unpaired) electrons. The average molecular weight is 259 g/mol. The maximum absolute atomic E-state index is 12.0. The Bertz CT molecular complexity index is 327. The molecule has 0 bridgehead atoms. The van der Waals surface area contributed by atoms with E-state index in [9.17, 15) is 9.59 Å². The largest absolute Gasteiger partial charge is 0.393 e. The van der Waals surface area contributed by atoms with Gasteiger partial charge in [-0.15, -0.1) is 0 Å². The van der Waals surface area contributed by atoms with Crippen LogP contribution in [0.15, 0.2) is 0 Å². The van der Waals surface area contributed by atoms with Gasteiger partial charge in [-0.2, -0.15) is 0 Å². The predicted octanol–water partition coefficient (Wildman–Crippen LogP) is 0.315. The van der Waals surface area contributed by atoms with Crippen molar-refractivity contribution in [1.29, 1.82) is 0 Å². The molecule has 1 atom stereocenters. The van der Waals surface area contributed by atoms with E-state index in [2.05, 4.69) is 5.32 Å². The van der Waals surface area contributed by atoms with Gasteiger partial charge in [0.15, 0.2) is 0 Å². The number of primary amides is 1. The Kier molecular flexibility index (Phi) is 5.54. The van der Waals surface area contributed by atoms with E-state index in [-0.39, 0.29) is 23.2 Å². The first-order valence-electron chi connectivity index (χ1n) is 5.46. The third kappa shape index (κ3) is 5.63. The molecule has 98 valence electrons. The van der Waals surface area contributed by atoms with E-state index in [1.807, 2.05) is 13.8 Å². The molecule has 6 heteroatoms. The Labute approximate surface area is 107 Å². The zero-order chi connectivity index (χ0) is 13.8. The van der Waals surface area contributed by atoms with Gasteiger partial charge >= 0.3 is 0 Å². The molecule has 0 fully saturated rings. The molecule has 0 aromatic carbocycles. The SMILES string of the molecule is CC(C)C(C(=O)NC(C)(C)CC(N)=O)C(N)=S. The van der Waals surface area contributed by atoms with Crippen LogP contribution in [0.4, 0.5) is 0 Å². The van der Waals surface area contributed by atoms with E-state index in [4.69, 9.17) is 23.7 Å². The van der Waals surface area contributed by atoms with E-state index in [0.29, 0.717) is 0 Å². The standard InChI is InChI=1S/C11H21N3O2S/c1-6(2)8(9(13)17)10(16)14-11(3,4)5-7(12)15/h6,8H,5H2,1-4H3,(H2,12,15)(H2,13,17)(H,14,16). The van der Waals surface area contributed by atoms with Crippen molar-refractivity contribution in [3.8, 4) is 0 Å². The number of amides is 2. The summed E-state index contributed by atoms with van der Waals surface area (Å²) in [6.45, 7) is 7.19. The van der Waals surface area contributed by atoms with Crippen LogP contribution < -0.4 is 16.8 Å². The van der Waals surface area contributed by atoms with Crippen molar-refractivity contribution in [3.63, 3.8) is 0 Å². The molecule has 0 aromatic rings. The minimum atomic E-state index is -0.694. The van der Waals surface area contributed by atoms with Crippen LogP contribution in [0.3, 0.4) is 0 Å². The highest BCUT2D eigenvalue weighted by Gasteiger charge is 2.30. The minimum absolute atomic E-state index is 0.0110. The number of nitrogens with two attached hydrogens (primary N) is 2. The van der Waals surface area contributed by atoms with Crippen LogP contribution in [0.1, 0.15) is 34.1 Å². The second-order valence-corrected chi connectivity index (χ2v) is 5.61. The first kappa shape index (κ1) is 15.8. The third-order valence-corrected chi connectivity index (χ3v) is 2.59. The predicted molar refractivity (Wildman–Crippen MR) is 71.1 cm³/mol. The molecule has 5 nitrogen and oxygen atoms in total. The van der Waals surface area contributed by atoms with Crippen LogP contribution in [0.25, 0.3) is 0 Å². The fourth-order valence-corrected chi connectivity index (χ4v) is 2.03. The minimum Gasteiger partial charge on any atom is -0.393 e. The molecular weight excluding hydrogens is 238 g/mol. The molecule has 0 heterocycles. The average Bonchev–Trinajstić information content (AvgIpc) is 1.95. The summed E-state index contributed by atoms with van der Waals surface area (Å²) < 4.78 is 0. The summed E-state index contributed by atoms with van der Waals surface area (Å²) in [6.07, 6.45) is 0.0703. The number of nitrogens with one attached hydrogen (secondary N) is 1. The quantitative estimate of drug-likeness (QED) is 0.598. The number of hydrogen-bond acceptors (Lipinski definition) is 3. The highest BCUT2D eigenvalue weighted by molar-refractivity contribution is 7.80. The summed E-state index contributed by atoms with van der Waals surface area (Å²) in [6, 6.07) is 0. The molecule has 0 aliphatic rings. The number of thiocarbonyl (C=S) groups is 1. The van der Waals surface area contributed by atoms with Gasteiger partial charge in [-0.25, -0.2) is 0 Å². The first-order chi connectivity index (χ1) is 7.57. The summed E-state index contributed by atoms with van der Waals surface area (Å²) >= 11 is 4.87. The van der Waals surface area contributed by atoms with Gasteiger partial charge in [-0.05, 0) is 19.8 Å². The third-order valence-electron chi connectivity index (χ3n) is 2.33. The Hall–Kier alpha value is -1.17. The lowest BCUT2D eigenvalue weighted by Crippen LogP contribution is -2.51. The molecule has 0 saturated heterocycles. The van der Waals surface area contributed by atoms with E-state index < -0.39 is 17.4 Å². The lowest BCUT2D eigenvalue weighted by Gasteiger charge is -2.28. The monoisotopic (exact) mass is 259 g/mol. The zero-order valence-corrected chi connectivity index (χ0v) is 11.6. The van der Waals surface area contributed by atoms with Crippen molar-refractivity contribution in [2.75, 3.05) is 0 Å². The van der Waals surface area contributed by atoms with E-state index in [0.717, 1.165) is 0 Å². The molecule has 0 spiro atoms. The lowest BCUT2D eigenvalue weighted by molar-refractivity contribution is -0.126. The fraction of sp³-hybridized carbons (Fsp3) is 0.727. The summed E-state index contributed by atoms with van der Waals surface area (Å²) in [4.78, 5) is 23.0. The number of carbonyl (C=O) groups excluding carboxylic acids is 2. The molecule has 1 unspecified atom stereocenters. The number of carbonyl (C=O) groups is 2. The Morgan fingerprint density at radius 3 is 2.06 bits per heavy atom. The Morgan fingerprint density at radius 2 is 1.76 bits per heavy atom. The van der Waals surface area contributed by atoms with Gasteiger partial charge in [-0.1, -0.05) is 26.1 Å². The van der Waals surface area contributed by atoms with Crippen LogP contribution >= 0.6 is 12.2 Å². The maximum atomic E-state index is 12.0. The summed E-state index contributed by atoms with van der Waals surface area (Å²) in [5, 5.41) is 2.74. The maximum Gasteiger partial charge on any atom is 0.230 e. The van der Waals surface area contributed by atoms with E-state index in [1.165, 1.54) is 0 Å². The normalized spacial score (nSPS) is 13.2. The van der Waals surface area contributed by atoms with Gasteiger partial charge in [0, 0.05) is 12.0 Å². The fourth-order valence-electron chi connectivity index (χ4n) is 1.65. The van der Waals surface area contributed by atoms with Gasteiger partial charge in [-0.3, -0.25) is 9.59 Å². The second-order valence-electron chi connectivity index (χ2n) is 5.14. The molecule has 0 aliphatic carbocycles. The van der Waals surface area contributed by atoms with Gasteiger partial charge in [0.2, 0.25) is 11.8 Å². The molecular formula is C11H21N3O2S. The van der Waals surface area contributed by atoms with Crippen LogP contribution in [0, 0.1) is 11.8 Å². The van der Waals surface area contributed by atoms with Crippen LogP contribution in [0.2, 0.25) is 0 Å². The van der Waals surface area contributed by atoms with E-state index >= 15 is 0 Å². The molecule has 17 heavy (non-hydrogen) atoms. The molecule has 0 rings (SSSR count). The van der Waals surface area contributed by atoms with Crippen molar-refractivity contribution in [2.24, 2.45) is 23.3 Å². The van der Waals surface area contributed by atoms with Crippen molar-refractivity contribution in [1.82, 2.24) is 5.32 Å². The molecule has 0 saturated carbocycles. The van der Waals surface area contributed by atoms with Crippen LogP contribution in [0.5, 0.6) is 0 Å². The van der Waals surface area contributed by atoms with E-state index in [1.54, 1.807) is 13.8 Å². The summed E-state index contributed by atoms with van der Waals surface area (Å²) in [7, 11) is 0. The Balaban J connectivity index is 4.71. The van der Waals surface area contributed by atoms with Crippen LogP contribution in [-0.2, 0) is 9.59 Å². The van der Waals surface area contributed by atoms with Crippen molar-refractivity contribution >= 4 is 29.0 Å². The topological polar surface area (TPSA) is 98.2 Å². The molecule has 2 amide bonds. The molecule has 5 N–H and O–H groups in total. The van der Waals surface area contributed by atoms with Crippen molar-refractivity contribution in [3.05, 3.63) is 0 Å². The first-order valence-corrected chi connectivity index (χ1v) is 5.87. The number of rotatable bonds is 6. The van der Waals surface area contributed by atoms with Gasteiger partial charge in [0.05, 0.1) is 10.9 Å². The van der Waals surface area contributed by atoms with Gasteiger partial charge < -0.3 is 16.8 Å². The highest BCUT2D eigenvalue weighted by atomic mass is 32.1. The zero-order valence-electron chi connectivity index (χ0n) is 10.7. The molecule has 0 aromatic heterocycles. The number of hydrogen-bond donors (Lipinski definition) is 3. The van der Waals surface area contributed by atoms with Crippen molar-refractivity contribution < 1.29 is 9.59 Å². The summed E-state index contributed by atoms with van der Waals surface area (Å²) in [5.41, 5.74) is 9.95. The summed E-state index contributed by atoms with van der Waals surface area (Å²) in [5.74, 6) is -1.25. The van der Waals surface area contributed by atoms with Crippen molar-refractivity contribution in [2.45, 2.75) is 39.7 Å². The lowest BCUT2D eigenvalue weighted by atomic mass is 9.92. The highest BCUT2D eigenvalue weighted by Crippen LogP contribution is 2.15. The van der Waals surface area contributed by atoms with Gasteiger partial charge in [0.1, 0.15) is 0 Å². The van der Waals surface area contributed by atoms with Gasteiger partial charge in [0.25, 0.3) is 0 Å². The Morgan fingerprint density at radius 1 is 1.29 bits per heavy atom. The smallest absolute Gasteiger partial charge is 0.230 e. The second kappa shape index (κ2) is 5.95.